The van der Waals surface area contributed by atoms with Gasteiger partial charge in [-0.1, -0.05) is 49.4 Å². The molecule has 2 unspecified atom stereocenters. The van der Waals surface area contributed by atoms with Crippen LogP contribution in [0.1, 0.15) is 31.5 Å². The second-order valence-corrected chi connectivity index (χ2v) is 8.12. The Kier molecular flexibility index (Phi) is 8.11. The van der Waals surface area contributed by atoms with Crippen LogP contribution in [-0.2, 0) is 38.7 Å². The first kappa shape index (κ1) is 23.9. The summed E-state index contributed by atoms with van der Waals surface area (Å²) in [6.07, 6.45) is 1.39. The number of amides is 3. The van der Waals surface area contributed by atoms with Crippen molar-refractivity contribution >= 4 is 23.7 Å². The molecule has 1 aromatic carbocycles. The lowest BCUT2D eigenvalue weighted by Gasteiger charge is -2.25. The highest BCUT2D eigenvalue weighted by atomic mass is 16.5. The van der Waals surface area contributed by atoms with Crippen molar-refractivity contribution in [3.8, 4) is 0 Å². The maximum absolute atomic E-state index is 13.0. The molecule has 0 saturated carbocycles. The monoisotopic (exact) mass is 456 g/mol. The van der Waals surface area contributed by atoms with E-state index in [0.29, 0.717) is 25.2 Å². The molecule has 11 heteroatoms. The molecular formula is C22H28N6O5. The topological polar surface area (TPSA) is 144 Å². The zero-order chi connectivity index (χ0) is 23.8. The van der Waals surface area contributed by atoms with E-state index in [1.54, 1.807) is 18.5 Å². The van der Waals surface area contributed by atoms with E-state index >= 15 is 0 Å². The first-order valence-electron chi connectivity index (χ1n) is 10.8. The zero-order valence-corrected chi connectivity index (χ0v) is 18.6. The van der Waals surface area contributed by atoms with Gasteiger partial charge in [0.1, 0.15) is 18.7 Å². The number of hydrogen-bond acceptors (Lipinski definition) is 7. The Labute approximate surface area is 191 Å². The minimum absolute atomic E-state index is 0.0499. The number of ether oxygens (including phenoxy) is 1. The summed E-state index contributed by atoms with van der Waals surface area (Å²) in [5.74, 6) is -2.43. The summed E-state index contributed by atoms with van der Waals surface area (Å²) in [5.41, 5.74) is 1.43. The van der Waals surface area contributed by atoms with E-state index in [9.17, 15) is 19.2 Å². The number of Topliss-reactive ketones (excluding diaryl/α,β-unsaturated/α-hetero) is 1. The van der Waals surface area contributed by atoms with Crippen LogP contribution in [0.15, 0.2) is 36.5 Å². The van der Waals surface area contributed by atoms with E-state index in [4.69, 9.17) is 4.74 Å². The quantitative estimate of drug-likeness (QED) is 0.532. The Balaban J connectivity index is 1.67. The molecule has 0 spiro atoms. The Morgan fingerprint density at radius 1 is 1.24 bits per heavy atom. The predicted octanol–water partition coefficient (Wildman–Crippen LogP) is 0.345. The number of carbonyl (C=O) groups excluding carboxylic acids is 4. The Morgan fingerprint density at radius 2 is 2.00 bits per heavy atom. The largest absolute Gasteiger partial charge is 0.445 e. The number of alkyl carbamates (subject to hydrolysis) is 1. The summed E-state index contributed by atoms with van der Waals surface area (Å²) >= 11 is 0. The molecule has 3 N–H and O–H groups in total. The minimum Gasteiger partial charge on any atom is -0.445 e. The standard InChI is InChI=1S/C22H28N6O5/c1-14(2)18(26-22(32)33-13-15-7-4-3-5-8-15)20(30)25-17-11-16-12-24-27-28(16)10-6-9-23-21(31)19(17)29/h3-5,7-8,12,14,17-18H,6,9-11,13H2,1-2H3,(H,23,31)(H,25,30)(H,26,32). The molecule has 1 aromatic heterocycles. The van der Waals surface area contributed by atoms with Gasteiger partial charge >= 0.3 is 6.09 Å². The predicted molar refractivity (Wildman–Crippen MR) is 117 cm³/mol. The summed E-state index contributed by atoms with van der Waals surface area (Å²) in [7, 11) is 0. The molecule has 0 saturated heterocycles. The smallest absolute Gasteiger partial charge is 0.408 e. The van der Waals surface area contributed by atoms with Crippen molar-refractivity contribution in [1.82, 2.24) is 30.9 Å². The van der Waals surface area contributed by atoms with Crippen molar-refractivity contribution in [1.29, 1.82) is 0 Å². The summed E-state index contributed by atoms with van der Waals surface area (Å²) < 4.78 is 6.85. The Bertz CT molecular complexity index is 990. The van der Waals surface area contributed by atoms with Crippen LogP contribution in [0.25, 0.3) is 0 Å². The van der Waals surface area contributed by atoms with Gasteiger partial charge in [0.15, 0.2) is 0 Å². The fourth-order valence-electron chi connectivity index (χ4n) is 3.41. The van der Waals surface area contributed by atoms with Crippen LogP contribution in [-0.4, -0.2) is 57.3 Å². The van der Waals surface area contributed by atoms with Crippen molar-refractivity contribution < 1.29 is 23.9 Å². The van der Waals surface area contributed by atoms with Crippen molar-refractivity contribution in [3.05, 3.63) is 47.8 Å². The number of aryl methyl sites for hydroxylation is 1. The normalized spacial score (nSPS) is 17.5. The van der Waals surface area contributed by atoms with Gasteiger partial charge in [-0.25, -0.2) is 9.48 Å². The Hall–Kier alpha value is -3.76. The van der Waals surface area contributed by atoms with Crippen LogP contribution in [0.5, 0.6) is 0 Å². The van der Waals surface area contributed by atoms with Crippen LogP contribution in [0, 0.1) is 5.92 Å². The molecular weight excluding hydrogens is 428 g/mol. The number of carbonyl (C=O) groups is 4. The SMILES string of the molecule is CC(C)C(NC(=O)OCc1ccccc1)C(=O)NC1Cc2cnnn2CCCNC(=O)C1=O. The molecule has 2 aromatic rings. The molecule has 0 aliphatic carbocycles. The first-order valence-corrected chi connectivity index (χ1v) is 10.8. The van der Waals surface area contributed by atoms with E-state index in [1.165, 1.54) is 6.20 Å². The number of fused-ring (bicyclic) bond motifs is 1. The highest BCUT2D eigenvalue weighted by molar-refractivity contribution is 6.38. The minimum atomic E-state index is -1.13. The fraction of sp³-hybridized carbons (Fsp3) is 0.455. The molecule has 3 amide bonds. The Morgan fingerprint density at radius 3 is 2.73 bits per heavy atom. The number of aromatic nitrogens is 3. The van der Waals surface area contributed by atoms with Crippen molar-refractivity contribution in [3.63, 3.8) is 0 Å². The molecule has 11 nitrogen and oxygen atoms in total. The average Bonchev–Trinajstić information content (AvgIpc) is 3.24. The van der Waals surface area contributed by atoms with Gasteiger partial charge in [0, 0.05) is 19.5 Å². The van der Waals surface area contributed by atoms with Crippen LogP contribution in [0.2, 0.25) is 0 Å². The second-order valence-electron chi connectivity index (χ2n) is 8.12. The maximum atomic E-state index is 13.0. The summed E-state index contributed by atoms with van der Waals surface area (Å²) in [5, 5.41) is 15.6. The first-order chi connectivity index (χ1) is 15.8. The molecule has 2 heterocycles. The third-order valence-corrected chi connectivity index (χ3v) is 5.24. The van der Waals surface area contributed by atoms with Gasteiger partial charge in [-0.05, 0) is 17.9 Å². The van der Waals surface area contributed by atoms with Crippen LogP contribution < -0.4 is 16.0 Å². The van der Waals surface area contributed by atoms with E-state index in [1.807, 2.05) is 30.3 Å². The highest BCUT2D eigenvalue weighted by Gasteiger charge is 2.33. The maximum Gasteiger partial charge on any atom is 0.408 e. The third kappa shape index (κ3) is 6.61. The van der Waals surface area contributed by atoms with Gasteiger partial charge in [-0.2, -0.15) is 0 Å². The van der Waals surface area contributed by atoms with Gasteiger partial charge in [0.25, 0.3) is 5.91 Å². The number of hydrogen-bond donors (Lipinski definition) is 3. The number of benzene rings is 1. The number of rotatable bonds is 6. The van der Waals surface area contributed by atoms with Gasteiger partial charge in [-0.3, -0.25) is 14.4 Å². The van der Waals surface area contributed by atoms with Crippen LogP contribution in [0.3, 0.4) is 0 Å². The molecule has 33 heavy (non-hydrogen) atoms. The van der Waals surface area contributed by atoms with Gasteiger partial charge in [0.2, 0.25) is 11.7 Å². The molecule has 176 valence electrons. The van der Waals surface area contributed by atoms with E-state index in [-0.39, 0.29) is 18.9 Å². The van der Waals surface area contributed by atoms with Crippen molar-refractivity contribution in [2.75, 3.05) is 6.54 Å². The lowest BCUT2D eigenvalue weighted by atomic mass is 10.0. The summed E-state index contributed by atoms with van der Waals surface area (Å²) in [6, 6.07) is 7.04. The average molecular weight is 457 g/mol. The highest BCUT2D eigenvalue weighted by Crippen LogP contribution is 2.09. The van der Waals surface area contributed by atoms with Gasteiger partial charge in [-0.15, -0.1) is 5.10 Å². The molecule has 1 aliphatic heterocycles. The molecule has 2 atom stereocenters. The number of nitrogens with zero attached hydrogens (tertiary/aromatic N) is 3. The van der Waals surface area contributed by atoms with Crippen LogP contribution >= 0.6 is 0 Å². The molecule has 0 bridgehead atoms. The summed E-state index contributed by atoms with van der Waals surface area (Å²) in [6.45, 7) is 4.38. The molecule has 0 fully saturated rings. The third-order valence-electron chi connectivity index (χ3n) is 5.24. The second kappa shape index (κ2) is 11.2. The van der Waals surface area contributed by atoms with Crippen LogP contribution in [0.4, 0.5) is 4.79 Å². The molecule has 1 aliphatic rings. The van der Waals surface area contributed by atoms with E-state index in [2.05, 4.69) is 26.3 Å². The zero-order valence-electron chi connectivity index (χ0n) is 18.6. The molecule has 0 radical (unpaired) electrons. The lowest BCUT2D eigenvalue weighted by molar-refractivity contribution is -0.140. The van der Waals surface area contributed by atoms with Gasteiger partial charge in [0.05, 0.1) is 11.9 Å². The van der Waals surface area contributed by atoms with E-state index in [0.717, 1.165) is 5.56 Å². The number of ketones is 1. The van der Waals surface area contributed by atoms with Crippen molar-refractivity contribution in [2.45, 2.75) is 51.9 Å². The molecule has 3 rings (SSSR count). The lowest BCUT2D eigenvalue weighted by Crippen LogP contribution is -2.56. The fourth-order valence-corrected chi connectivity index (χ4v) is 3.41. The van der Waals surface area contributed by atoms with Gasteiger partial charge < -0.3 is 20.7 Å². The van der Waals surface area contributed by atoms with Crippen molar-refractivity contribution in [2.24, 2.45) is 5.92 Å². The van der Waals surface area contributed by atoms with E-state index < -0.39 is 35.8 Å². The summed E-state index contributed by atoms with van der Waals surface area (Å²) in [4.78, 5) is 50.3. The number of nitrogens with one attached hydrogen (secondary N) is 3.